The number of carbonyl (C=O) groups excluding carboxylic acids is 2. The minimum atomic E-state index is -5.08. The van der Waals surface area contributed by atoms with Gasteiger partial charge in [0, 0.05) is 23.7 Å². The van der Waals surface area contributed by atoms with Crippen LogP contribution in [-0.4, -0.2) is 70.8 Å². The number of benzene rings is 2. The zero-order valence-electron chi connectivity index (χ0n) is 22.7. The van der Waals surface area contributed by atoms with Crippen molar-refractivity contribution < 1.29 is 55.7 Å². The summed E-state index contributed by atoms with van der Waals surface area (Å²) in [6.45, 7) is 2.60. The molecule has 1 saturated heterocycles. The topological polar surface area (TPSA) is 195 Å². The zero-order chi connectivity index (χ0) is 33.8. The second-order valence-corrected chi connectivity index (χ2v) is 9.49. The molecule has 2 amide bonds. The minimum absolute atomic E-state index is 0.0705. The smallest absolute Gasteiger partial charge is 0.475 e. The molecule has 0 radical (unpaired) electrons. The fourth-order valence-corrected chi connectivity index (χ4v) is 3.74. The summed E-state index contributed by atoms with van der Waals surface area (Å²) in [5, 5.41) is 30.9. The van der Waals surface area contributed by atoms with Crippen LogP contribution >= 0.6 is 11.6 Å². The zero-order valence-corrected chi connectivity index (χ0v) is 23.5. The molecule has 1 aliphatic heterocycles. The van der Waals surface area contributed by atoms with Crippen LogP contribution in [0.15, 0.2) is 48.5 Å². The van der Waals surface area contributed by atoms with Crippen LogP contribution < -0.4 is 21.7 Å². The van der Waals surface area contributed by atoms with Crippen LogP contribution in [0.25, 0.3) is 0 Å². The Morgan fingerprint density at radius 2 is 1.55 bits per heavy atom. The molecule has 18 heteroatoms. The van der Waals surface area contributed by atoms with Crippen molar-refractivity contribution in [3.63, 3.8) is 0 Å². The van der Waals surface area contributed by atoms with Gasteiger partial charge in [0.05, 0.1) is 6.04 Å². The molecule has 8 N–H and O–H groups in total. The highest BCUT2D eigenvalue weighted by molar-refractivity contribution is 6.31. The Morgan fingerprint density at radius 1 is 1.02 bits per heavy atom. The Kier molecular flexibility index (Phi) is 14.1. The molecule has 2 aromatic rings. The maximum atomic E-state index is 12.6. The van der Waals surface area contributed by atoms with Crippen LogP contribution in [0.3, 0.4) is 0 Å². The first-order chi connectivity index (χ1) is 20.2. The lowest BCUT2D eigenvalue weighted by Crippen LogP contribution is -2.49. The fourth-order valence-electron chi connectivity index (χ4n) is 3.49. The van der Waals surface area contributed by atoms with E-state index in [1.807, 2.05) is 18.2 Å². The predicted octanol–water partition coefficient (Wildman–Crippen LogP) is 3.16. The number of carboxylic acid groups (broad SMARTS) is 2. The molecule has 3 atom stereocenters. The quantitative estimate of drug-likeness (QED) is 0.134. The average Bonchev–Trinajstić information content (AvgIpc) is 3.43. The molecule has 1 unspecified atom stereocenters. The van der Waals surface area contributed by atoms with Gasteiger partial charge in [-0.25, -0.2) is 9.59 Å². The van der Waals surface area contributed by atoms with Gasteiger partial charge in [-0.05, 0) is 36.5 Å². The van der Waals surface area contributed by atoms with E-state index in [2.05, 4.69) is 28.1 Å². The number of hydrogen-bond acceptors (Lipinski definition) is 6. The second-order valence-electron chi connectivity index (χ2n) is 9.08. The predicted molar refractivity (Wildman–Crippen MR) is 145 cm³/mol. The molecule has 1 aliphatic rings. The van der Waals surface area contributed by atoms with E-state index in [0.717, 1.165) is 6.54 Å². The summed E-state index contributed by atoms with van der Waals surface area (Å²) in [7, 11) is 0. The van der Waals surface area contributed by atoms with E-state index in [-0.39, 0.29) is 36.2 Å². The van der Waals surface area contributed by atoms with Gasteiger partial charge in [-0.2, -0.15) is 26.3 Å². The maximum absolute atomic E-state index is 12.6. The van der Waals surface area contributed by atoms with Crippen LogP contribution in [0.4, 0.5) is 26.3 Å². The lowest BCUT2D eigenvalue weighted by atomic mass is 9.96. The number of nitrogen functional groups attached to an aromatic ring is 1. The van der Waals surface area contributed by atoms with Gasteiger partial charge < -0.3 is 31.9 Å². The molecule has 0 saturated carbocycles. The number of halogens is 7. The minimum Gasteiger partial charge on any atom is -0.475 e. The normalized spacial score (nSPS) is 16.6. The molecule has 1 fully saturated rings. The summed E-state index contributed by atoms with van der Waals surface area (Å²) in [5.41, 5.74) is 7.88. The third-order valence-corrected chi connectivity index (χ3v) is 6.12. The maximum Gasteiger partial charge on any atom is 0.490 e. The van der Waals surface area contributed by atoms with Crippen molar-refractivity contribution in [1.82, 2.24) is 16.0 Å². The number of amidine groups is 1. The Hall–Kier alpha value is -4.38. The molecule has 0 aliphatic carbocycles. The largest absolute Gasteiger partial charge is 0.490 e. The van der Waals surface area contributed by atoms with Gasteiger partial charge in [-0.3, -0.25) is 15.0 Å². The summed E-state index contributed by atoms with van der Waals surface area (Å²) in [6, 6.07) is 14.1. The van der Waals surface area contributed by atoms with Crippen molar-refractivity contribution in [2.45, 2.75) is 50.2 Å². The van der Waals surface area contributed by atoms with Crippen molar-refractivity contribution in [3.05, 3.63) is 70.2 Å². The molecule has 44 heavy (non-hydrogen) atoms. The van der Waals surface area contributed by atoms with Gasteiger partial charge in [0.25, 0.3) is 0 Å². The number of hydrogen-bond donors (Lipinski definition) is 7. The van der Waals surface area contributed by atoms with Crippen LogP contribution in [0.1, 0.15) is 36.0 Å². The van der Waals surface area contributed by atoms with E-state index < -0.39 is 30.3 Å². The average molecular weight is 656 g/mol. The molecule has 2 aromatic carbocycles. The number of carboxylic acids is 2. The Labute approximate surface area is 251 Å². The lowest BCUT2D eigenvalue weighted by Gasteiger charge is -2.17. The van der Waals surface area contributed by atoms with Crippen LogP contribution in [0, 0.1) is 5.41 Å². The molecule has 0 spiro atoms. The highest BCUT2D eigenvalue weighted by Gasteiger charge is 2.39. The van der Waals surface area contributed by atoms with E-state index in [9.17, 15) is 35.9 Å². The number of nitrogens with two attached hydrogens (primary N) is 1. The highest BCUT2D eigenvalue weighted by Crippen LogP contribution is 2.25. The van der Waals surface area contributed by atoms with E-state index in [0.29, 0.717) is 22.6 Å². The van der Waals surface area contributed by atoms with Gasteiger partial charge in [-0.15, -0.1) is 0 Å². The summed E-state index contributed by atoms with van der Waals surface area (Å²) in [6.07, 6.45) is -9.47. The molecular weight excluding hydrogens is 628 g/mol. The number of nitrogens with one attached hydrogen (secondary N) is 4. The molecule has 0 bridgehead atoms. The summed E-state index contributed by atoms with van der Waals surface area (Å²) in [5.74, 6) is -5.78. The van der Waals surface area contributed by atoms with E-state index in [1.165, 1.54) is 5.56 Å². The van der Waals surface area contributed by atoms with Gasteiger partial charge in [0.15, 0.2) is 0 Å². The Balaban J connectivity index is 0.000000574. The molecular formula is C26H28ClF6N5O6. The molecule has 242 valence electrons. The number of aliphatic carboxylic acids is 2. The van der Waals surface area contributed by atoms with Crippen LogP contribution in [0.2, 0.25) is 5.02 Å². The third kappa shape index (κ3) is 12.9. The first-order valence-corrected chi connectivity index (χ1v) is 12.7. The highest BCUT2D eigenvalue weighted by atomic mass is 35.5. The lowest BCUT2D eigenvalue weighted by molar-refractivity contribution is -0.193. The molecule has 3 rings (SSSR count). The molecule has 11 nitrogen and oxygen atoms in total. The van der Waals surface area contributed by atoms with Gasteiger partial charge >= 0.3 is 24.3 Å². The van der Waals surface area contributed by atoms with Crippen LogP contribution in [-0.2, 0) is 25.7 Å². The standard InChI is InChI=1S/C22H26ClN5O2.2C2HF3O2/c1-13(21(29)27-11-16-8-7-15(20(24)25)9-18(16)23)28-22(30)19-10-17(12-26-19)14-5-3-2-4-6-14;2*3-2(4,5)1(6)7/h2-9,13,17,19,26H,10-12H2,1H3,(H3,24,25)(H,27,29)(H,28,30);2*(H,6,7)/t13?,17-,19+;;/m0../s1. The summed E-state index contributed by atoms with van der Waals surface area (Å²) < 4.78 is 63.5. The molecule has 0 aromatic heterocycles. The SMILES string of the molecule is CC(NC(=O)[C@H]1C[C@H](c2ccccc2)CN1)C(=O)NCc1ccc(C(=N)N)cc1Cl.O=C(O)C(F)(F)F.O=C(O)C(F)(F)F. The van der Waals surface area contributed by atoms with Crippen molar-refractivity contribution in [3.8, 4) is 0 Å². The summed E-state index contributed by atoms with van der Waals surface area (Å²) in [4.78, 5) is 42.7. The first-order valence-electron chi connectivity index (χ1n) is 12.3. The first kappa shape index (κ1) is 37.6. The van der Waals surface area contributed by atoms with Crippen molar-refractivity contribution in [2.75, 3.05) is 6.54 Å². The number of carbonyl (C=O) groups is 4. The van der Waals surface area contributed by atoms with Crippen molar-refractivity contribution in [1.29, 1.82) is 5.41 Å². The number of rotatable bonds is 7. The summed E-state index contributed by atoms with van der Waals surface area (Å²) >= 11 is 6.19. The van der Waals surface area contributed by atoms with Crippen molar-refractivity contribution in [2.24, 2.45) is 5.73 Å². The van der Waals surface area contributed by atoms with Gasteiger partial charge in [-0.1, -0.05) is 54.1 Å². The number of alkyl halides is 6. The van der Waals surface area contributed by atoms with Gasteiger partial charge in [0.1, 0.15) is 11.9 Å². The van der Waals surface area contributed by atoms with Crippen LogP contribution in [0.5, 0.6) is 0 Å². The van der Waals surface area contributed by atoms with Crippen molar-refractivity contribution >= 4 is 41.2 Å². The van der Waals surface area contributed by atoms with E-state index in [4.69, 9.17) is 42.5 Å². The fraction of sp³-hybridized carbons (Fsp3) is 0.346. The van der Waals surface area contributed by atoms with E-state index >= 15 is 0 Å². The Bertz CT molecular complexity index is 1300. The molecule has 1 heterocycles. The third-order valence-electron chi connectivity index (χ3n) is 5.77. The number of amides is 2. The van der Waals surface area contributed by atoms with Gasteiger partial charge in [0.2, 0.25) is 11.8 Å². The van der Waals surface area contributed by atoms with E-state index in [1.54, 1.807) is 25.1 Å². The monoisotopic (exact) mass is 655 g/mol. The second kappa shape index (κ2) is 16.5. The Morgan fingerprint density at radius 3 is 2.00 bits per heavy atom.